The van der Waals surface area contributed by atoms with Gasteiger partial charge >= 0.3 is 0 Å². The van der Waals surface area contributed by atoms with E-state index in [1.165, 1.54) is 5.56 Å². The summed E-state index contributed by atoms with van der Waals surface area (Å²) in [4.78, 5) is 0. The summed E-state index contributed by atoms with van der Waals surface area (Å²) in [5, 5.41) is 3.33. The van der Waals surface area contributed by atoms with Crippen LogP contribution in [0.15, 0.2) is 48.5 Å². The number of nitrogens with one attached hydrogen (secondary N) is 1. The monoisotopic (exact) mass is 279 g/mol. The molecule has 0 aromatic heterocycles. The van der Waals surface area contributed by atoms with Crippen LogP contribution in [0.5, 0.6) is 5.75 Å². The van der Waals surface area contributed by atoms with E-state index in [1.807, 2.05) is 30.3 Å². The normalized spacial score (nSPS) is 9.81. The third-order valence-corrected chi connectivity index (χ3v) is 3.15. The molecule has 2 aromatic rings. The molecule has 0 saturated carbocycles. The van der Waals surface area contributed by atoms with Crippen molar-refractivity contribution in [2.45, 2.75) is 20.4 Å². The summed E-state index contributed by atoms with van der Waals surface area (Å²) in [5.41, 5.74) is 3.34. The van der Waals surface area contributed by atoms with Crippen molar-refractivity contribution in [3.05, 3.63) is 65.2 Å². The Hall–Kier alpha value is -2.24. The Balaban J connectivity index is 2.01. The molecule has 2 aromatic carbocycles. The number of rotatable bonds is 5. The van der Waals surface area contributed by atoms with Crippen LogP contribution in [0.2, 0.25) is 0 Å². The van der Waals surface area contributed by atoms with Crippen molar-refractivity contribution < 1.29 is 4.74 Å². The van der Waals surface area contributed by atoms with Crippen molar-refractivity contribution in [1.82, 2.24) is 5.32 Å². The number of hydrogen-bond acceptors (Lipinski definition) is 2. The summed E-state index contributed by atoms with van der Waals surface area (Å²) >= 11 is 0. The fourth-order valence-corrected chi connectivity index (χ4v) is 2.09. The van der Waals surface area contributed by atoms with Crippen LogP contribution in [0.3, 0.4) is 0 Å². The fourth-order valence-electron chi connectivity index (χ4n) is 2.09. The standard InChI is InChI=1S/C19H21NO/c1-3-20-15-18-13-7-9-16(2)19(18)21-14-8-12-17-10-5-4-6-11-17/h4-7,9-11,13,20H,3,14-15H2,1-2H3. The Morgan fingerprint density at radius 3 is 2.62 bits per heavy atom. The molecule has 0 aliphatic carbocycles. The van der Waals surface area contributed by atoms with Gasteiger partial charge in [0.1, 0.15) is 12.4 Å². The van der Waals surface area contributed by atoms with Crippen LogP contribution in [0.1, 0.15) is 23.6 Å². The summed E-state index contributed by atoms with van der Waals surface area (Å²) in [7, 11) is 0. The van der Waals surface area contributed by atoms with E-state index in [0.717, 1.165) is 30.0 Å². The van der Waals surface area contributed by atoms with Gasteiger partial charge in [-0.3, -0.25) is 0 Å². The lowest BCUT2D eigenvalue weighted by Gasteiger charge is -2.12. The smallest absolute Gasteiger partial charge is 0.149 e. The van der Waals surface area contributed by atoms with Gasteiger partial charge in [0.25, 0.3) is 0 Å². The molecule has 1 N–H and O–H groups in total. The van der Waals surface area contributed by atoms with Gasteiger partial charge in [0.15, 0.2) is 0 Å². The molecule has 0 aliphatic heterocycles. The van der Waals surface area contributed by atoms with Crippen LogP contribution in [-0.2, 0) is 6.54 Å². The van der Waals surface area contributed by atoms with E-state index in [1.54, 1.807) is 0 Å². The predicted octanol–water partition coefficient (Wildman–Crippen LogP) is 3.54. The molecule has 108 valence electrons. The maximum Gasteiger partial charge on any atom is 0.149 e. The average Bonchev–Trinajstić information content (AvgIpc) is 2.52. The minimum absolute atomic E-state index is 0.402. The molecule has 0 spiro atoms. The number of aryl methyl sites for hydroxylation is 1. The van der Waals surface area contributed by atoms with Crippen LogP contribution in [-0.4, -0.2) is 13.2 Å². The molecule has 0 saturated heterocycles. The first-order valence-corrected chi connectivity index (χ1v) is 7.27. The second-order valence-corrected chi connectivity index (χ2v) is 4.80. The van der Waals surface area contributed by atoms with E-state index >= 15 is 0 Å². The van der Waals surface area contributed by atoms with E-state index in [-0.39, 0.29) is 0 Å². The molecular formula is C19H21NO. The van der Waals surface area contributed by atoms with Crippen LogP contribution in [0, 0.1) is 18.8 Å². The van der Waals surface area contributed by atoms with Crippen molar-refractivity contribution in [2.24, 2.45) is 0 Å². The summed E-state index contributed by atoms with van der Waals surface area (Å²) in [6, 6.07) is 16.2. The molecule has 0 fully saturated rings. The van der Waals surface area contributed by atoms with Crippen LogP contribution in [0.25, 0.3) is 0 Å². The molecule has 0 amide bonds. The van der Waals surface area contributed by atoms with E-state index in [9.17, 15) is 0 Å². The van der Waals surface area contributed by atoms with Crippen molar-refractivity contribution >= 4 is 0 Å². The van der Waals surface area contributed by atoms with Gasteiger partial charge in [0.05, 0.1) is 0 Å². The quantitative estimate of drug-likeness (QED) is 0.845. The van der Waals surface area contributed by atoms with Gasteiger partial charge in [-0.15, -0.1) is 0 Å². The third-order valence-electron chi connectivity index (χ3n) is 3.15. The van der Waals surface area contributed by atoms with Crippen molar-refractivity contribution in [2.75, 3.05) is 13.2 Å². The minimum Gasteiger partial charge on any atom is -0.480 e. The second kappa shape index (κ2) is 8.14. The van der Waals surface area contributed by atoms with E-state index in [2.05, 4.69) is 49.2 Å². The van der Waals surface area contributed by atoms with Gasteiger partial charge in [-0.2, -0.15) is 0 Å². The van der Waals surface area contributed by atoms with E-state index < -0.39 is 0 Å². The summed E-state index contributed by atoms with van der Waals surface area (Å²) in [6.07, 6.45) is 0. The lowest BCUT2D eigenvalue weighted by molar-refractivity contribution is 0.362. The Morgan fingerprint density at radius 1 is 1.05 bits per heavy atom. The summed E-state index contributed by atoms with van der Waals surface area (Å²) in [6.45, 7) is 6.33. The van der Waals surface area contributed by atoms with Crippen LogP contribution < -0.4 is 10.1 Å². The first-order valence-electron chi connectivity index (χ1n) is 7.27. The molecule has 0 heterocycles. The minimum atomic E-state index is 0.402. The highest BCUT2D eigenvalue weighted by atomic mass is 16.5. The van der Waals surface area contributed by atoms with Crippen molar-refractivity contribution in [1.29, 1.82) is 0 Å². The number of hydrogen-bond donors (Lipinski definition) is 1. The molecule has 2 rings (SSSR count). The second-order valence-electron chi connectivity index (χ2n) is 4.80. The first kappa shape index (κ1) is 15.2. The summed E-state index contributed by atoms with van der Waals surface area (Å²) in [5.74, 6) is 7.12. The maximum atomic E-state index is 5.87. The Bertz CT molecular complexity index is 623. The van der Waals surface area contributed by atoms with Gasteiger partial charge in [-0.1, -0.05) is 55.2 Å². The highest BCUT2D eigenvalue weighted by Gasteiger charge is 2.05. The van der Waals surface area contributed by atoms with Crippen LogP contribution in [0.4, 0.5) is 0 Å². The van der Waals surface area contributed by atoms with E-state index in [0.29, 0.717) is 6.61 Å². The van der Waals surface area contributed by atoms with Crippen molar-refractivity contribution in [3.63, 3.8) is 0 Å². The number of para-hydroxylation sites is 1. The lowest BCUT2D eigenvalue weighted by atomic mass is 10.1. The average molecular weight is 279 g/mol. The fraction of sp³-hybridized carbons (Fsp3) is 0.263. The highest BCUT2D eigenvalue weighted by molar-refractivity contribution is 5.41. The topological polar surface area (TPSA) is 21.3 Å². The van der Waals surface area contributed by atoms with Gasteiger partial charge in [-0.25, -0.2) is 0 Å². The van der Waals surface area contributed by atoms with Crippen molar-refractivity contribution in [3.8, 4) is 17.6 Å². The molecule has 21 heavy (non-hydrogen) atoms. The molecule has 0 bridgehead atoms. The largest absolute Gasteiger partial charge is 0.480 e. The molecule has 0 aliphatic rings. The predicted molar refractivity (Wildman–Crippen MR) is 87.4 cm³/mol. The van der Waals surface area contributed by atoms with Gasteiger partial charge in [0.2, 0.25) is 0 Å². The third kappa shape index (κ3) is 4.66. The SMILES string of the molecule is CCNCc1cccc(C)c1OCC#Cc1ccccc1. The molecular weight excluding hydrogens is 258 g/mol. The molecule has 0 atom stereocenters. The first-order chi connectivity index (χ1) is 10.3. The van der Waals surface area contributed by atoms with Gasteiger partial charge in [-0.05, 0) is 31.2 Å². The highest BCUT2D eigenvalue weighted by Crippen LogP contribution is 2.23. The lowest BCUT2D eigenvalue weighted by Crippen LogP contribution is -2.13. The molecule has 2 heteroatoms. The number of benzene rings is 2. The zero-order valence-corrected chi connectivity index (χ0v) is 12.6. The Kier molecular flexibility index (Phi) is 5.87. The molecule has 0 radical (unpaired) electrons. The summed E-state index contributed by atoms with van der Waals surface area (Å²) < 4.78 is 5.87. The molecule has 0 unspecified atom stereocenters. The zero-order chi connectivity index (χ0) is 14.9. The maximum absolute atomic E-state index is 5.87. The van der Waals surface area contributed by atoms with Gasteiger partial charge < -0.3 is 10.1 Å². The van der Waals surface area contributed by atoms with Gasteiger partial charge in [0, 0.05) is 17.7 Å². The Labute approximate surface area is 127 Å². The number of ether oxygens (including phenoxy) is 1. The van der Waals surface area contributed by atoms with Crippen LogP contribution >= 0.6 is 0 Å². The molecule has 2 nitrogen and oxygen atoms in total. The van der Waals surface area contributed by atoms with E-state index in [4.69, 9.17) is 4.74 Å². The zero-order valence-electron chi connectivity index (χ0n) is 12.6. The Morgan fingerprint density at radius 2 is 1.86 bits per heavy atom.